The van der Waals surface area contributed by atoms with E-state index >= 15 is 0 Å². The quantitative estimate of drug-likeness (QED) is 0.898. The van der Waals surface area contributed by atoms with Crippen molar-refractivity contribution >= 4 is 0 Å². The van der Waals surface area contributed by atoms with Gasteiger partial charge in [-0.25, -0.2) is 4.68 Å². The van der Waals surface area contributed by atoms with E-state index in [0.29, 0.717) is 17.4 Å². The van der Waals surface area contributed by atoms with Crippen molar-refractivity contribution in [2.45, 2.75) is 34.1 Å². The third-order valence-corrected chi connectivity index (χ3v) is 3.00. The first-order valence-corrected chi connectivity index (χ1v) is 6.33. The molecule has 0 atom stereocenters. The molecule has 0 fully saturated rings. The summed E-state index contributed by atoms with van der Waals surface area (Å²) in [5, 5.41) is 14.5. The summed E-state index contributed by atoms with van der Waals surface area (Å²) in [7, 11) is 0. The van der Waals surface area contributed by atoms with Crippen LogP contribution >= 0.6 is 0 Å². The molecule has 0 amide bonds. The predicted octanol–water partition coefficient (Wildman–Crippen LogP) is 3.39. The maximum absolute atomic E-state index is 10.1. The number of aryl methyl sites for hydroxylation is 2. The Balaban J connectivity index is 2.49. The SMILES string of the molecule is Cc1ccc(-n2nc(C)c(O)c2CC(C)C)cc1. The van der Waals surface area contributed by atoms with Crippen LogP contribution in [0.2, 0.25) is 0 Å². The van der Waals surface area contributed by atoms with E-state index < -0.39 is 0 Å². The van der Waals surface area contributed by atoms with Crippen LogP contribution in [0.5, 0.6) is 5.75 Å². The average Bonchev–Trinajstić information content (AvgIpc) is 2.58. The fraction of sp³-hybridized carbons (Fsp3) is 0.400. The highest BCUT2D eigenvalue weighted by molar-refractivity contribution is 5.41. The summed E-state index contributed by atoms with van der Waals surface area (Å²) in [6, 6.07) is 8.18. The summed E-state index contributed by atoms with van der Waals surface area (Å²) in [6.07, 6.45) is 0.820. The van der Waals surface area contributed by atoms with Crippen molar-refractivity contribution < 1.29 is 5.11 Å². The lowest BCUT2D eigenvalue weighted by Crippen LogP contribution is -2.05. The van der Waals surface area contributed by atoms with Crippen molar-refractivity contribution in [2.24, 2.45) is 5.92 Å². The second-order valence-corrected chi connectivity index (χ2v) is 5.23. The molecule has 0 radical (unpaired) electrons. The Hall–Kier alpha value is -1.77. The minimum atomic E-state index is 0.323. The maximum Gasteiger partial charge on any atom is 0.160 e. The molecule has 1 N–H and O–H groups in total. The van der Waals surface area contributed by atoms with Crippen LogP contribution in [0.1, 0.15) is 30.8 Å². The van der Waals surface area contributed by atoms with Gasteiger partial charge in [-0.05, 0) is 38.3 Å². The third kappa shape index (κ3) is 2.40. The standard InChI is InChI=1S/C15H20N2O/c1-10(2)9-14-15(18)12(4)16-17(14)13-7-5-11(3)6-8-13/h5-8,10,18H,9H2,1-4H3. The normalized spacial score (nSPS) is 11.2. The van der Waals surface area contributed by atoms with Crippen molar-refractivity contribution in [1.82, 2.24) is 9.78 Å². The highest BCUT2D eigenvalue weighted by Gasteiger charge is 2.16. The van der Waals surface area contributed by atoms with Gasteiger partial charge >= 0.3 is 0 Å². The van der Waals surface area contributed by atoms with E-state index in [4.69, 9.17) is 0 Å². The van der Waals surface area contributed by atoms with Gasteiger partial charge in [0.25, 0.3) is 0 Å². The molecular weight excluding hydrogens is 224 g/mol. The van der Waals surface area contributed by atoms with Gasteiger partial charge in [-0.2, -0.15) is 5.10 Å². The van der Waals surface area contributed by atoms with Gasteiger partial charge in [0.05, 0.1) is 11.4 Å². The fourth-order valence-corrected chi connectivity index (χ4v) is 2.04. The molecule has 0 aliphatic rings. The van der Waals surface area contributed by atoms with Gasteiger partial charge in [0, 0.05) is 0 Å². The minimum absolute atomic E-state index is 0.323. The van der Waals surface area contributed by atoms with Crippen molar-refractivity contribution in [1.29, 1.82) is 0 Å². The second kappa shape index (κ2) is 4.84. The zero-order valence-electron chi connectivity index (χ0n) is 11.4. The largest absolute Gasteiger partial charge is 0.504 e. The first kappa shape index (κ1) is 12.7. The van der Waals surface area contributed by atoms with Crippen molar-refractivity contribution in [3.63, 3.8) is 0 Å². The Labute approximate surface area is 108 Å². The number of aromatic hydroxyl groups is 1. The van der Waals surface area contributed by atoms with Gasteiger partial charge in [-0.15, -0.1) is 0 Å². The van der Waals surface area contributed by atoms with Crippen molar-refractivity contribution in [3.05, 3.63) is 41.2 Å². The number of benzene rings is 1. The van der Waals surface area contributed by atoms with Crippen LogP contribution in [-0.2, 0) is 6.42 Å². The molecule has 2 rings (SSSR count). The fourth-order valence-electron chi connectivity index (χ4n) is 2.04. The van der Waals surface area contributed by atoms with E-state index in [-0.39, 0.29) is 0 Å². The van der Waals surface area contributed by atoms with Gasteiger partial charge in [0.1, 0.15) is 5.69 Å². The summed E-state index contributed by atoms with van der Waals surface area (Å²) in [6.45, 7) is 8.18. The molecule has 0 aliphatic heterocycles. The highest BCUT2D eigenvalue weighted by atomic mass is 16.3. The van der Waals surface area contributed by atoms with E-state index in [1.54, 1.807) is 0 Å². The van der Waals surface area contributed by atoms with Crippen molar-refractivity contribution in [3.8, 4) is 11.4 Å². The molecule has 0 saturated heterocycles. The molecule has 3 nitrogen and oxygen atoms in total. The zero-order chi connectivity index (χ0) is 13.3. The topological polar surface area (TPSA) is 38.0 Å². The molecule has 0 bridgehead atoms. The summed E-state index contributed by atoms with van der Waals surface area (Å²) in [5.74, 6) is 0.806. The number of rotatable bonds is 3. The summed E-state index contributed by atoms with van der Waals surface area (Å²) >= 11 is 0. The molecule has 1 aromatic carbocycles. The Bertz CT molecular complexity index is 538. The van der Waals surface area contributed by atoms with E-state index in [2.05, 4.69) is 38.0 Å². The molecule has 0 spiro atoms. The second-order valence-electron chi connectivity index (χ2n) is 5.23. The van der Waals surface area contributed by atoms with Crippen molar-refractivity contribution in [2.75, 3.05) is 0 Å². The van der Waals surface area contributed by atoms with Gasteiger partial charge in [-0.1, -0.05) is 31.5 Å². The van der Waals surface area contributed by atoms with Gasteiger partial charge < -0.3 is 5.11 Å². The zero-order valence-corrected chi connectivity index (χ0v) is 11.4. The molecule has 1 aromatic heterocycles. The molecule has 0 unspecified atom stereocenters. The lowest BCUT2D eigenvalue weighted by Gasteiger charge is -2.10. The molecule has 3 heteroatoms. The van der Waals surface area contributed by atoms with E-state index in [1.807, 2.05) is 23.7 Å². The smallest absolute Gasteiger partial charge is 0.160 e. The Morgan fingerprint density at radius 2 is 1.78 bits per heavy atom. The molecule has 2 aromatic rings. The minimum Gasteiger partial charge on any atom is -0.504 e. The first-order valence-electron chi connectivity index (χ1n) is 6.33. The maximum atomic E-state index is 10.1. The van der Waals surface area contributed by atoms with E-state index in [0.717, 1.165) is 17.8 Å². The Kier molecular flexibility index (Phi) is 3.41. The van der Waals surface area contributed by atoms with Crippen LogP contribution in [0.4, 0.5) is 0 Å². The molecule has 0 aliphatic carbocycles. The molecule has 0 saturated carbocycles. The Morgan fingerprint density at radius 3 is 2.33 bits per heavy atom. The van der Waals surface area contributed by atoms with Gasteiger partial charge in [-0.3, -0.25) is 0 Å². The predicted molar refractivity (Wildman–Crippen MR) is 73.2 cm³/mol. The highest BCUT2D eigenvalue weighted by Crippen LogP contribution is 2.26. The van der Waals surface area contributed by atoms with Gasteiger partial charge in [0.15, 0.2) is 5.75 Å². The lowest BCUT2D eigenvalue weighted by molar-refractivity contribution is 0.457. The number of hydrogen-bond acceptors (Lipinski definition) is 2. The number of hydrogen-bond donors (Lipinski definition) is 1. The molecular formula is C15H20N2O. The first-order chi connectivity index (χ1) is 8.49. The van der Waals surface area contributed by atoms with E-state index in [9.17, 15) is 5.11 Å². The van der Waals surface area contributed by atoms with Crippen LogP contribution in [0.3, 0.4) is 0 Å². The van der Waals surface area contributed by atoms with Crippen LogP contribution in [0.15, 0.2) is 24.3 Å². The number of aromatic nitrogens is 2. The molecule has 96 valence electrons. The third-order valence-electron chi connectivity index (χ3n) is 3.00. The van der Waals surface area contributed by atoms with E-state index in [1.165, 1.54) is 5.56 Å². The summed E-state index contributed by atoms with van der Waals surface area (Å²) in [5.41, 5.74) is 3.80. The summed E-state index contributed by atoms with van der Waals surface area (Å²) in [4.78, 5) is 0. The number of nitrogens with zero attached hydrogens (tertiary/aromatic N) is 2. The average molecular weight is 244 g/mol. The lowest BCUT2D eigenvalue weighted by atomic mass is 10.1. The van der Waals surface area contributed by atoms with Crippen LogP contribution in [-0.4, -0.2) is 14.9 Å². The molecule has 1 heterocycles. The van der Waals surface area contributed by atoms with Crippen LogP contribution in [0, 0.1) is 19.8 Å². The monoisotopic (exact) mass is 244 g/mol. The summed E-state index contributed by atoms with van der Waals surface area (Å²) < 4.78 is 1.85. The van der Waals surface area contributed by atoms with Crippen LogP contribution in [0.25, 0.3) is 5.69 Å². The van der Waals surface area contributed by atoms with Crippen LogP contribution < -0.4 is 0 Å². The van der Waals surface area contributed by atoms with Gasteiger partial charge in [0.2, 0.25) is 0 Å². The Morgan fingerprint density at radius 1 is 1.17 bits per heavy atom. The molecule has 18 heavy (non-hydrogen) atoms.